The number of anilines is 4. The average Bonchev–Trinajstić information content (AvgIpc) is 3.27. The van der Waals surface area contributed by atoms with E-state index in [-0.39, 0.29) is 34.0 Å². The van der Waals surface area contributed by atoms with E-state index >= 15 is 0 Å². The maximum absolute atomic E-state index is 13.9. The molecule has 53 heavy (non-hydrogen) atoms. The standard InChI is InChI=1S/C32H28N4O14S3/c1-15(37)33-17-5-7-19(25(9-17)49-3)31(39)35-23-13-27-21(11-29(23)52(43,44)45)22-12-30(53(46,47)48)24(14-28(22)51(27,41)42)36-32(40)20-8-6-18(34-16(2)38)10-26(20)50-4/h5-14H,1-4H3,(H,33,37)(H,34,38)(H,35,39)(H,36,40)(H,43,44,45)(H,46,47,48). The van der Waals surface area contributed by atoms with Gasteiger partial charge in [0, 0.05) is 48.5 Å². The fourth-order valence-electron chi connectivity index (χ4n) is 5.43. The van der Waals surface area contributed by atoms with Crippen LogP contribution in [-0.4, -0.2) is 72.2 Å². The summed E-state index contributed by atoms with van der Waals surface area (Å²) in [7, 11) is -12.7. The molecule has 1 aliphatic heterocycles. The number of carbonyl (C=O) groups excluding carboxylic acids is 4. The summed E-state index contributed by atoms with van der Waals surface area (Å²) in [5.41, 5.74) is -2.11. The highest BCUT2D eigenvalue weighted by molar-refractivity contribution is 7.92. The molecule has 4 aromatic carbocycles. The first-order valence-electron chi connectivity index (χ1n) is 14.8. The number of sulfone groups is 1. The van der Waals surface area contributed by atoms with Crippen LogP contribution in [0.15, 0.2) is 80.2 Å². The van der Waals surface area contributed by atoms with Crippen LogP contribution in [0.1, 0.15) is 34.6 Å². The van der Waals surface area contributed by atoms with Gasteiger partial charge in [-0.25, -0.2) is 8.42 Å². The van der Waals surface area contributed by atoms with Crippen molar-refractivity contribution in [3.8, 4) is 22.6 Å². The molecule has 5 rings (SSSR count). The van der Waals surface area contributed by atoms with Gasteiger partial charge in [-0.2, -0.15) is 16.8 Å². The number of benzene rings is 4. The molecular formula is C32H28N4O14S3. The normalized spacial score (nSPS) is 12.9. The first-order chi connectivity index (χ1) is 24.6. The summed E-state index contributed by atoms with van der Waals surface area (Å²) in [5.74, 6) is -3.03. The number of hydrogen-bond acceptors (Lipinski definition) is 12. The van der Waals surface area contributed by atoms with Gasteiger partial charge in [-0.1, -0.05) is 0 Å². The van der Waals surface area contributed by atoms with Crippen LogP contribution in [0.25, 0.3) is 11.1 Å². The molecule has 0 radical (unpaired) electrons. The second-order valence-corrected chi connectivity index (χ2v) is 15.9. The molecule has 278 valence electrons. The van der Waals surface area contributed by atoms with Crippen LogP contribution in [-0.2, 0) is 39.7 Å². The van der Waals surface area contributed by atoms with Gasteiger partial charge in [0.25, 0.3) is 32.1 Å². The van der Waals surface area contributed by atoms with Gasteiger partial charge >= 0.3 is 0 Å². The Hall–Kier alpha value is -5.87. The smallest absolute Gasteiger partial charge is 0.296 e. The molecule has 0 unspecified atom stereocenters. The van der Waals surface area contributed by atoms with Gasteiger partial charge < -0.3 is 30.7 Å². The highest BCUT2D eigenvalue weighted by atomic mass is 32.2. The van der Waals surface area contributed by atoms with E-state index in [0.29, 0.717) is 12.1 Å². The summed E-state index contributed by atoms with van der Waals surface area (Å²) in [5, 5.41) is 9.47. The number of rotatable bonds is 10. The fourth-order valence-corrected chi connectivity index (χ4v) is 8.43. The molecule has 0 saturated carbocycles. The Kier molecular flexibility index (Phi) is 10.1. The van der Waals surface area contributed by atoms with Gasteiger partial charge in [-0.15, -0.1) is 0 Å². The molecule has 0 aliphatic carbocycles. The van der Waals surface area contributed by atoms with Crippen molar-refractivity contribution in [2.75, 3.05) is 35.5 Å². The molecule has 0 spiro atoms. The first kappa shape index (κ1) is 38.4. The Labute approximate surface area is 301 Å². The van der Waals surface area contributed by atoms with Crippen LogP contribution in [0.3, 0.4) is 0 Å². The van der Waals surface area contributed by atoms with E-state index in [1.165, 1.54) is 64.5 Å². The minimum atomic E-state index is -5.22. The van der Waals surface area contributed by atoms with Gasteiger partial charge in [0.15, 0.2) is 0 Å². The molecule has 0 saturated heterocycles. The molecule has 0 bridgehead atoms. The third-order valence-corrected chi connectivity index (χ3v) is 11.2. The number of carbonyl (C=O) groups is 4. The lowest BCUT2D eigenvalue weighted by atomic mass is 10.0. The Morgan fingerprint density at radius 1 is 0.585 bits per heavy atom. The first-order valence-corrected chi connectivity index (χ1v) is 19.1. The monoisotopic (exact) mass is 788 g/mol. The number of fused-ring (bicyclic) bond motifs is 3. The van der Waals surface area contributed by atoms with E-state index in [9.17, 15) is 53.5 Å². The largest absolute Gasteiger partial charge is 0.496 e. The highest BCUT2D eigenvalue weighted by Gasteiger charge is 2.38. The molecule has 6 N–H and O–H groups in total. The lowest BCUT2D eigenvalue weighted by molar-refractivity contribution is -0.115. The minimum Gasteiger partial charge on any atom is -0.496 e. The minimum absolute atomic E-state index is 0.0723. The van der Waals surface area contributed by atoms with E-state index < -0.39 is 95.8 Å². The van der Waals surface area contributed by atoms with Gasteiger partial charge in [-0.3, -0.25) is 28.3 Å². The van der Waals surface area contributed by atoms with Gasteiger partial charge in [-0.05, 0) is 48.5 Å². The molecule has 1 aliphatic rings. The molecule has 18 nitrogen and oxygen atoms in total. The van der Waals surface area contributed by atoms with E-state index in [1.807, 2.05) is 0 Å². The highest BCUT2D eigenvalue weighted by Crippen LogP contribution is 2.48. The van der Waals surface area contributed by atoms with Crippen molar-refractivity contribution in [2.24, 2.45) is 0 Å². The molecule has 0 atom stereocenters. The molecule has 21 heteroatoms. The predicted octanol–water partition coefficient (Wildman–Crippen LogP) is 3.43. The fraction of sp³-hybridized carbons (Fsp3) is 0.125. The number of nitrogens with one attached hydrogen (secondary N) is 4. The van der Waals surface area contributed by atoms with Crippen LogP contribution in [0.4, 0.5) is 22.7 Å². The Morgan fingerprint density at radius 2 is 0.943 bits per heavy atom. The summed E-state index contributed by atoms with van der Waals surface area (Å²) in [6.45, 7) is 2.50. The van der Waals surface area contributed by atoms with Crippen molar-refractivity contribution in [2.45, 2.75) is 33.4 Å². The van der Waals surface area contributed by atoms with Crippen LogP contribution < -0.4 is 30.7 Å². The zero-order chi connectivity index (χ0) is 39.2. The third kappa shape index (κ3) is 7.68. The van der Waals surface area contributed by atoms with E-state index in [1.54, 1.807) is 0 Å². The zero-order valence-electron chi connectivity index (χ0n) is 27.8. The zero-order valence-corrected chi connectivity index (χ0v) is 30.2. The second kappa shape index (κ2) is 13.9. The predicted molar refractivity (Wildman–Crippen MR) is 187 cm³/mol. The quantitative estimate of drug-likeness (QED) is 0.111. The number of amides is 4. The summed E-state index contributed by atoms with van der Waals surface area (Å²) < 4.78 is 109. The molecule has 4 amide bonds. The van der Waals surface area contributed by atoms with E-state index in [4.69, 9.17) is 9.47 Å². The summed E-state index contributed by atoms with van der Waals surface area (Å²) in [6.07, 6.45) is 0. The summed E-state index contributed by atoms with van der Waals surface area (Å²) in [4.78, 5) is 46.4. The lowest BCUT2D eigenvalue weighted by Crippen LogP contribution is -2.17. The van der Waals surface area contributed by atoms with Gasteiger partial charge in [0.1, 0.15) is 21.3 Å². The maximum atomic E-state index is 13.9. The average molecular weight is 789 g/mol. The van der Waals surface area contributed by atoms with Crippen molar-refractivity contribution in [1.82, 2.24) is 0 Å². The van der Waals surface area contributed by atoms with Crippen molar-refractivity contribution < 1.29 is 63.0 Å². The van der Waals surface area contributed by atoms with E-state index in [0.717, 1.165) is 12.1 Å². The van der Waals surface area contributed by atoms with Crippen LogP contribution in [0.2, 0.25) is 0 Å². The second-order valence-electron chi connectivity index (χ2n) is 11.2. The summed E-state index contributed by atoms with van der Waals surface area (Å²) in [6, 6.07) is 10.6. The number of methoxy groups -OCH3 is 2. The van der Waals surface area contributed by atoms with Crippen molar-refractivity contribution in [1.29, 1.82) is 0 Å². The van der Waals surface area contributed by atoms with Crippen LogP contribution in [0, 0.1) is 0 Å². The van der Waals surface area contributed by atoms with Crippen molar-refractivity contribution >= 4 is 76.5 Å². The van der Waals surface area contributed by atoms with E-state index in [2.05, 4.69) is 21.3 Å². The van der Waals surface area contributed by atoms with Crippen LogP contribution >= 0.6 is 0 Å². The molecular weight excluding hydrogens is 761 g/mol. The SMILES string of the molecule is COc1cc(NC(C)=O)ccc1C(=O)Nc1cc2c(cc1S(=O)(=O)O)-c1cc(S(=O)(=O)O)c(NC(=O)c3ccc(NC(C)=O)cc3OC)cc1S2(=O)=O. The Bertz CT molecular complexity index is 2430. The van der Waals surface area contributed by atoms with Crippen LogP contribution in [0.5, 0.6) is 11.5 Å². The van der Waals surface area contributed by atoms with Crippen molar-refractivity contribution in [3.63, 3.8) is 0 Å². The summed E-state index contributed by atoms with van der Waals surface area (Å²) >= 11 is 0. The van der Waals surface area contributed by atoms with Gasteiger partial charge in [0.05, 0.1) is 46.5 Å². The third-order valence-electron chi connectivity index (χ3n) is 7.62. The number of hydrogen-bond donors (Lipinski definition) is 6. The maximum Gasteiger partial charge on any atom is 0.296 e. The topological polar surface area (TPSA) is 278 Å². The van der Waals surface area contributed by atoms with Gasteiger partial charge in [0.2, 0.25) is 21.7 Å². The lowest BCUT2D eigenvalue weighted by Gasteiger charge is -2.15. The van der Waals surface area contributed by atoms with Crippen molar-refractivity contribution in [3.05, 3.63) is 71.8 Å². The Morgan fingerprint density at radius 3 is 1.25 bits per heavy atom. The Balaban J connectivity index is 1.61. The molecule has 1 heterocycles. The molecule has 0 aromatic heterocycles. The molecule has 0 fully saturated rings. The molecule has 4 aromatic rings. The number of ether oxygens (including phenoxy) is 2.